The molecule has 1 aliphatic heterocycles. The molecule has 2 fully saturated rings. The molecule has 1 saturated heterocycles. The van der Waals surface area contributed by atoms with Crippen molar-refractivity contribution in [1.29, 1.82) is 0 Å². The Morgan fingerprint density at radius 3 is 2.25 bits per heavy atom. The molecule has 1 aliphatic carbocycles. The molecule has 4 amide bonds. The van der Waals surface area contributed by atoms with Crippen LogP contribution in [0.4, 0.5) is 4.79 Å². The van der Waals surface area contributed by atoms with E-state index in [-0.39, 0.29) is 11.9 Å². The minimum atomic E-state index is -1.06. The topological polar surface area (TPSA) is 66.5 Å². The molecule has 0 aromatic rings. The maximum absolute atomic E-state index is 12.8. The van der Waals surface area contributed by atoms with Crippen LogP contribution in [-0.2, 0) is 9.59 Å². The van der Waals surface area contributed by atoms with E-state index in [1.807, 2.05) is 20.8 Å². The number of carbonyl (C=O) groups excluding carboxylic acids is 3. The Bertz CT molecular complexity index is 425. The number of imide groups is 2. The van der Waals surface area contributed by atoms with Crippen molar-refractivity contribution < 1.29 is 14.4 Å². The number of barbiturate groups is 1. The minimum Gasteiger partial charge on any atom is -0.277 e. The Morgan fingerprint density at radius 2 is 1.80 bits per heavy atom. The molecule has 1 N–H and O–H groups in total. The van der Waals surface area contributed by atoms with Gasteiger partial charge >= 0.3 is 6.03 Å². The van der Waals surface area contributed by atoms with Gasteiger partial charge in [0.05, 0.1) is 0 Å². The summed E-state index contributed by atoms with van der Waals surface area (Å²) in [6.45, 7) is 5.65. The van der Waals surface area contributed by atoms with Crippen molar-refractivity contribution in [1.82, 2.24) is 10.2 Å². The van der Waals surface area contributed by atoms with Gasteiger partial charge in [0.2, 0.25) is 11.8 Å². The van der Waals surface area contributed by atoms with Gasteiger partial charge in [-0.15, -0.1) is 0 Å². The second kappa shape index (κ2) is 5.54. The third-order valence-electron chi connectivity index (χ3n) is 4.85. The average molecular weight is 280 g/mol. The smallest absolute Gasteiger partial charge is 0.277 e. The highest BCUT2D eigenvalue weighted by Crippen LogP contribution is 2.38. The van der Waals surface area contributed by atoms with Crippen molar-refractivity contribution in [3.8, 4) is 0 Å². The predicted octanol–water partition coefficient (Wildman–Crippen LogP) is 2.45. The van der Waals surface area contributed by atoms with Crippen LogP contribution in [0.1, 0.15) is 59.3 Å². The third kappa shape index (κ3) is 2.34. The standard InChI is InChI=1S/C15H24N2O3/c1-4-11(9-10-7-8-10)17-13(19)15(5-2,6-3)12(18)16-14(17)20/h10-11H,4-9H2,1-3H3,(H,16,18,20). The molecule has 1 heterocycles. The number of hydrogen-bond donors (Lipinski definition) is 1. The Labute approximate surface area is 120 Å². The first kappa shape index (κ1) is 15.0. The summed E-state index contributed by atoms with van der Waals surface area (Å²) in [6, 6.07) is -0.620. The fraction of sp³-hybridized carbons (Fsp3) is 0.800. The van der Waals surface area contributed by atoms with Crippen LogP contribution < -0.4 is 5.32 Å². The zero-order valence-electron chi connectivity index (χ0n) is 12.6. The van der Waals surface area contributed by atoms with Gasteiger partial charge in [0, 0.05) is 6.04 Å². The molecule has 0 bridgehead atoms. The first-order chi connectivity index (χ1) is 9.50. The van der Waals surface area contributed by atoms with Crippen LogP contribution in [0.15, 0.2) is 0 Å². The number of urea groups is 1. The Morgan fingerprint density at radius 1 is 1.20 bits per heavy atom. The number of hydrogen-bond acceptors (Lipinski definition) is 3. The molecular weight excluding hydrogens is 256 g/mol. The van der Waals surface area contributed by atoms with Crippen molar-refractivity contribution in [3.63, 3.8) is 0 Å². The van der Waals surface area contributed by atoms with E-state index in [1.54, 1.807) is 0 Å². The van der Waals surface area contributed by atoms with Gasteiger partial charge in [-0.25, -0.2) is 4.79 Å². The lowest BCUT2D eigenvalue weighted by atomic mass is 9.78. The van der Waals surface area contributed by atoms with Crippen LogP contribution in [0.2, 0.25) is 0 Å². The lowest BCUT2D eigenvalue weighted by Gasteiger charge is -2.41. The molecular formula is C15H24N2O3. The molecule has 2 aliphatic rings. The normalized spacial score (nSPS) is 23.8. The van der Waals surface area contributed by atoms with Crippen molar-refractivity contribution in [2.24, 2.45) is 11.3 Å². The van der Waals surface area contributed by atoms with Gasteiger partial charge in [-0.2, -0.15) is 0 Å². The fourth-order valence-corrected chi connectivity index (χ4v) is 3.10. The summed E-state index contributed by atoms with van der Waals surface area (Å²) in [7, 11) is 0. The molecule has 1 atom stereocenters. The van der Waals surface area contributed by atoms with Gasteiger partial charge in [-0.3, -0.25) is 19.8 Å². The van der Waals surface area contributed by atoms with E-state index >= 15 is 0 Å². The number of nitrogens with zero attached hydrogens (tertiary/aromatic N) is 1. The predicted molar refractivity (Wildman–Crippen MR) is 74.8 cm³/mol. The van der Waals surface area contributed by atoms with Gasteiger partial charge in [0.25, 0.3) is 0 Å². The molecule has 1 unspecified atom stereocenters. The summed E-state index contributed by atoms with van der Waals surface area (Å²) < 4.78 is 0. The highest BCUT2D eigenvalue weighted by Gasteiger charge is 2.53. The van der Waals surface area contributed by atoms with Crippen LogP contribution >= 0.6 is 0 Å². The molecule has 112 valence electrons. The maximum Gasteiger partial charge on any atom is 0.331 e. The highest BCUT2D eigenvalue weighted by atomic mass is 16.2. The minimum absolute atomic E-state index is 0.0828. The van der Waals surface area contributed by atoms with Crippen LogP contribution in [-0.4, -0.2) is 28.8 Å². The monoisotopic (exact) mass is 280 g/mol. The van der Waals surface area contributed by atoms with Crippen molar-refractivity contribution in [2.75, 3.05) is 0 Å². The largest absolute Gasteiger partial charge is 0.331 e. The number of rotatable bonds is 6. The van der Waals surface area contributed by atoms with Gasteiger partial charge < -0.3 is 0 Å². The van der Waals surface area contributed by atoms with E-state index in [1.165, 1.54) is 17.7 Å². The fourth-order valence-electron chi connectivity index (χ4n) is 3.10. The first-order valence-electron chi connectivity index (χ1n) is 7.69. The van der Waals surface area contributed by atoms with Crippen molar-refractivity contribution >= 4 is 17.8 Å². The number of carbonyl (C=O) groups is 3. The van der Waals surface area contributed by atoms with Gasteiger partial charge in [0.1, 0.15) is 5.41 Å². The van der Waals surface area contributed by atoms with Crippen LogP contribution in [0.3, 0.4) is 0 Å². The number of amides is 4. The Kier molecular flexibility index (Phi) is 4.16. The summed E-state index contributed by atoms with van der Waals surface area (Å²) in [5, 5.41) is 2.39. The summed E-state index contributed by atoms with van der Waals surface area (Å²) in [5.74, 6) is -0.102. The van der Waals surface area contributed by atoms with E-state index in [0.29, 0.717) is 18.8 Å². The van der Waals surface area contributed by atoms with Gasteiger partial charge in [-0.05, 0) is 31.6 Å². The molecule has 0 aromatic carbocycles. The van der Waals surface area contributed by atoms with Crippen LogP contribution in [0, 0.1) is 11.3 Å². The lowest BCUT2D eigenvalue weighted by molar-refractivity contribution is -0.153. The summed E-state index contributed by atoms with van der Waals surface area (Å²) in [5.41, 5.74) is -1.06. The van der Waals surface area contributed by atoms with Crippen LogP contribution in [0.25, 0.3) is 0 Å². The lowest BCUT2D eigenvalue weighted by Crippen LogP contribution is -2.65. The molecule has 20 heavy (non-hydrogen) atoms. The number of nitrogens with one attached hydrogen (secondary N) is 1. The third-order valence-corrected chi connectivity index (χ3v) is 4.85. The average Bonchev–Trinajstić information content (AvgIpc) is 3.22. The molecule has 1 saturated carbocycles. The van der Waals surface area contributed by atoms with E-state index in [0.717, 1.165) is 12.8 Å². The van der Waals surface area contributed by atoms with Gasteiger partial charge in [0.15, 0.2) is 0 Å². The zero-order chi connectivity index (χ0) is 14.9. The molecule has 5 nitrogen and oxygen atoms in total. The second-order valence-corrected chi connectivity index (χ2v) is 5.96. The molecule has 5 heteroatoms. The molecule has 0 aromatic heterocycles. The molecule has 0 radical (unpaired) electrons. The Balaban J connectivity index is 2.27. The SMILES string of the molecule is CCC(CC1CC1)N1C(=O)NC(=O)C(CC)(CC)C1=O. The zero-order valence-corrected chi connectivity index (χ0v) is 12.6. The second-order valence-electron chi connectivity index (χ2n) is 5.96. The summed E-state index contributed by atoms with van der Waals surface area (Å²) in [4.78, 5) is 38.3. The van der Waals surface area contributed by atoms with Crippen molar-refractivity contribution in [2.45, 2.75) is 65.3 Å². The molecule has 2 rings (SSSR count). The van der Waals surface area contributed by atoms with E-state index in [9.17, 15) is 14.4 Å². The Hall–Kier alpha value is -1.39. The van der Waals surface area contributed by atoms with E-state index < -0.39 is 17.4 Å². The first-order valence-corrected chi connectivity index (χ1v) is 7.69. The molecule has 0 spiro atoms. The maximum atomic E-state index is 12.8. The van der Waals surface area contributed by atoms with Crippen molar-refractivity contribution in [3.05, 3.63) is 0 Å². The quantitative estimate of drug-likeness (QED) is 0.760. The van der Waals surface area contributed by atoms with E-state index in [2.05, 4.69) is 5.32 Å². The van der Waals surface area contributed by atoms with Gasteiger partial charge in [-0.1, -0.05) is 33.6 Å². The highest BCUT2D eigenvalue weighted by molar-refractivity contribution is 6.19. The van der Waals surface area contributed by atoms with E-state index in [4.69, 9.17) is 0 Å². The summed E-state index contributed by atoms with van der Waals surface area (Å²) >= 11 is 0. The van der Waals surface area contributed by atoms with Crippen LogP contribution in [0.5, 0.6) is 0 Å². The summed E-state index contributed by atoms with van der Waals surface area (Å²) in [6.07, 6.45) is 4.84.